The summed E-state index contributed by atoms with van der Waals surface area (Å²) >= 11 is 1.62. The average Bonchev–Trinajstić information content (AvgIpc) is 2.62. The third-order valence-electron chi connectivity index (χ3n) is 4.03. The Morgan fingerprint density at radius 3 is 2.72 bits per heavy atom. The molecule has 1 amide bonds. The van der Waals surface area contributed by atoms with E-state index in [1.54, 1.807) is 11.8 Å². The van der Waals surface area contributed by atoms with E-state index in [-0.39, 0.29) is 11.8 Å². The van der Waals surface area contributed by atoms with Gasteiger partial charge in [0, 0.05) is 12.2 Å². The van der Waals surface area contributed by atoms with Crippen molar-refractivity contribution < 1.29 is 4.79 Å². The number of thioether (sulfide) groups is 1. The Morgan fingerprint density at radius 2 is 1.88 bits per heavy atom. The van der Waals surface area contributed by atoms with Crippen LogP contribution in [0.4, 0.5) is 0 Å². The van der Waals surface area contributed by atoms with Crippen molar-refractivity contribution in [2.75, 3.05) is 5.75 Å². The van der Waals surface area contributed by atoms with E-state index in [0.29, 0.717) is 12.3 Å². The van der Waals surface area contributed by atoms with Crippen LogP contribution in [0.5, 0.6) is 0 Å². The number of aryl methyl sites for hydroxylation is 1. The Kier molecular flexibility index (Phi) is 4.28. The number of rotatable bonds is 4. The van der Waals surface area contributed by atoms with E-state index >= 15 is 0 Å². The third-order valence-corrected chi connectivity index (χ3v) is 5.10. The molecule has 1 aromatic heterocycles. The van der Waals surface area contributed by atoms with Crippen LogP contribution in [0.2, 0.25) is 0 Å². The van der Waals surface area contributed by atoms with Gasteiger partial charge in [-0.1, -0.05) is 30.4 Å². The second-order valence-electron chi connectivity index (χ2n) is 5.83. The minimum Gasteiger partial charge on any atom is -0.271 e. The molecule has 25 heavy (non-hydrogen) atoms. The number of fused-ring (bicyclic) bond motifs is 2. The van der Waals surface area contributed by atoms with Crippen molar-refractivity contribution in [3.05, 3.63) is 54.3 Å². The zero-order valence-corrected chi connectivity index (χ0v) is 14.5. The quantitative estimate of drug-likeness (QED) is 0.793. The lowest BCUT2D eigenvalue weighted by atomic mass is 9.96. The molecule has 1 aliphatic carbocycles. The largest absolute Gasteiger partial charge is 0.271 e. The van der Waals surface area contributed by atoms with Crippen molar-refractivity contribution in [1.82, 2.24) is 9.97 Å². The van der Waals surface area contributed by atoms with Gasteiger partial charge in [-0.2, -0.15) is 4.99 Å². The fourth-order valence-corrected chi connectivity index (χ4v) is 3.67. The molecule has 2 aromatic rings. The molecule has 0 bridgehead atoms. The molecule has 0 N–H and O–H groups in total. The van der Waals surface area contributed by atoms with E-state index in [4.69, 9.17) is 0 Å². The van der Waals surface area contributed by atoms with Crippen LogP contribution in [0.3, 0.4) is 0 Å². The van der Waals surface area contributed by atoms with Crippen molar-refractivity contribution in [3.63, 3.8) is 0 Å². The van der Waals surface area contributed by atoms with Gasteiger partial charge in [0.25, 0.3) is 5.91 Å². The number of amidine groups is 1. The number of benzene rings is 1. The molecular formula is C19H16N4OS. The second kappa shape index (κ2) is 6.72. The predicted molar refractivity (Wildman–Crippen MR) is 101 cm³/mol. The van der Waals surface area contributed by atoms with Crippen LogP contribution in [-0.2, 0) is 4.79 Å². The van der Waals surface area contributed by atoms with Gasteiger partial charge in [0.1, 0.15) is 16.8 Å². The number of aromatic nitrogens is 2. The smallest absolute Gasteiger partial charge is 0.260 e. The summed E-state index contributed by atoms with van der Waals surface area (Å²) in [6.45, 7) is 1.97. The Labute approximate surface area is 149 Å². The van der Waals surface area contributed by atoms with Crippen molar-refractivity contribution in [3.8, 4) is 0 Å². The highest BCUT2D eigenvalue weighted by molar-refractivity contribution is 7.99. The van der Waals surface area contributed by atoms with Crippen molar-refractivity contribution >= 4 is 40.2 Å². The molecule has 1 atom stereocenters. The topological polar surface area (TPSA) is 67.6 Å². The number of carbonyl (C=O) groups excluding carboxylic acids is 1. The van der Waals surface area contributed by atoms with Crippen molar-refractivity contribution in [2.24, 2.45) is 15.9 Å². The summed E-state index contributed by atoms with van der Waals surface area (Å²) < 4.78 is 0. The zero-order valence-electron chi connectivity index (χ0n) is 13.7. The molecule has 0 saturated carbocycles. The number of hydrogen-bond acceptors (Lipinski definition) is 5. The Bertz CT molecular complexity index is 975. The normalized spacial score (nSPS) is 18.9. The standard InChI is InChI=1S/C19H16N4OS/c1-12-19(22-16-9-5-4-8-15(16)20-12)25-11-10-17-21-14-7-3-2-6-13(14)18(24)23-17/h2-9,13H,10-11H2,1H3. The molecule has 1 aromatic carbocycles. The molecule has 0 fully saturated rings. The highest BCUT2D eigenvalue weighted by Gasteiger charge is 2.25. The van der Waals surface area contributed by atoms with Gasteiger partial charge in [-0.05, 0) is 25.1 Å². The van der Waals surface area contributed by atoms with Gasteiger partial charge in [0.2, 0.25) is 0 Å². The van der Waals surface area contributed by atoms with Crippen LogP contribution < -0.4 is 0 Å². The van der Waals surface area contributed by atoms with E-state index in [2.05, 4.69) is 20.0 Å². The first-order chi connectivity index (χ1) is 12.2. The summed E-state index contributed by atoms with van der Waals surface area (Å²) in [6.07, 6.45) is 8.10. The lowest BCUT2D eigenvalue weighted by Gasteiger charge is -2.17. The van der Waals surface area contributed by atoms with Crippen LogP contribution in [0.15, 0.2) is 63.6 Å². The molecule has 124 valence electrons. The molecule has 0 spiro atoms. The summed E-state index contributed by atoms with van der Waals surface area (Å²) in [5.41, 5.74) is 3.49. The number of para-hydroxylation sites is 2. The molecule has 4 rings (SSSR count). The zero-order chi connectivity index (χ0) is 17.2. The number of hydrogen-bond donors (Lipinski definition) is 0. The van der Waals surface area contributed by atoms with E-state index in [1.807, 2.05) is 55.5 Å². The fraction of sp³-hybridized carbons (Fsp3) is 0.211. The number of allylic oxidation sites excluding steroid dienone is 3. The van der Waals surface area contributed by atoms with Gasteiger partial charge in [0.15, 0.2) is 0 Å². The SMILES string of the molecule is Cc1nc2ccccc2nc1SCCC1=NC(=O)C2C=CC=CC2=N1. The lowest BCUT2D eigenvalue weighted by molar-refractivity contribution is -0.118. The molecule has 2 heterocycles. The average molecular weight is 348 g/mol. The third kappa shape index (κ3) is 3.30. The van der Waals surface area contributed by atoms with Crippen LogP contribution in [0.1, 0.15) is 12.1 Å². The fourth-order valence-electron chi connectivity index (χ4n) is 2.78. The summed E-state index contributed by atoms with van der Waals surface area (Å²) in [6, 6.07) is 7.85. The van der Waals surface area contributed by atoms with Gasteiger partial charge in [0.05, 0.1) is 22.4 Å². The van der Waals surface area contributed by atoms with Crippen LogP contribution in [-0.4, -0.2) is 33.2 Å². The molecular weight excluding hydrogens is 332 g/mol. The summed E-state index contributed by atoms with van der Waals surface area (Å²) in [4.78, 5) is 30.0. The highest BCUT2D eigenvalue weighted by Crippen LogP contribution is 2.24. The Balaban J connectivity index is 1.45. The molecule has 1 aliphatic heterocycles. The second-order valence-corrected chi connectivity index (χ2v) is 6.91. The van der Waals surface area contributed by atoms with Gasteiger partial charge in [-0.25, -0.2) is 15.0 Å². The van der Waals surface area contributed by atoms with Crippen LogP contribution in [0, 0.1) is 12.8 Å². The van der Waals surface area contributed by atoms with Gasteiger partial charge < -0.3 is 0 Å². The maximum absolute atomic E-state index is 12.1. The monoisotopic (exact) mass is 348 g/mol. The van der Waals surface area contributed by atoms with Crippen LogP contribution in [0.25, 0.3) is 11.0 Å². The number of aliphatic imine (C=N–C) groups is 2. The molecule has 1 unspecified atom stereocenters. The molecule has 0 radical (unpaired) electrons. The summed E-state index contributed by atoms with van der Waals surface area (Å²) in [5, 5.41) is 0.910. The first kappa shape index (κ1) is 15.9. The Morgan fingerprint density at radius 1 is 1.08 bits per heavy atom. The molecule has 5 nitrogen and oxygen atoms in total. The van der Waals surface area contributed by atoms with Gasteiger partial charge in [-0.3, -0.25) is 4.79 Å². The first-order valence-electron chi connectivity index (χ1n) is 8.12. The minimum absolute atomic E-state index is 0.132. The maximum Gasteiger partial charge on any atom is 0.260 e. The number of amides is 1. The maximum atomic E-state index is 12.1. The molecule has 0 saturated heterocycles. The van der Waals surface area contributed by atoms with Gasteiger partial charge in [-0.15, -0.1) is 11.8 Å². The highest BCUT2D eigenvalue weighted by atomic mass is 32.2. The number of carbonyl (C=O) groups is 1. The lowest BCUT2D eigenvalue weighted by Crippen LogP contribution is -2.27. The minimum atomic E-state index is -0.310. The van der Waals surface area contributed by atoms with E-state index in [0.717, 1.165) is 33.2 Å². The molecule has 6 heteroatoms. The number of nitrogens with zero attached hydrogens (tertiary/aromatic N) is 4. The summed E-state index contributed by atoms with van der Waals surface area (Å²) in [5.74, 6) is 0.901. The van der Waals surface area contributed by atoms with Gasteiger partial charge >= 0.3 is 0 Å². The molecule has 2 aliphatic rings. The van der Waals surface area contributed by atoms with E-state index in [9.17, 15) is 4.79 Å². The van der Waals surface area contributed by atoms with Crippen molar-refractivity contribution in [2.45, 2.75) is 18.4 Å². The van der Waals surface area contributed by atoms with Crippen LogP contribution >= 0.6 is 11.8 Å². The van der Waals surface area contributed by atoms with E-state index in [1.165, 1.54) is 0 Å². The first-order valence-corrected chi connectivity index (χ1v) is 9.10. The summed E-state index contributed by atoms with van der Waals surface area (Å²) in [7, 11) is 0. The van der Waals surface area contributed by atoms with Crippen molar-refractivity contribution in [1.29, 1.82) is 0 Å². The van der Waals surface area contributed by atoms with E-state index < -0.39 is 0 Å². The predicted octanol–water partition coefficient (Wildman–Crippen LogP) is 3.54. The Hall–Kier alpha value is -2.60.